The fraction of sp³-hybridized carbons (Fsp3) is 0.562. The molecule has 1 aromatic heterocycles. The first kappa shape index (κ1) is 32.4. The van der Waals surface area contributed by atoms with E-state index in [-0.39, 0.29) is 42.1 Å². The minimum absolute atomic E-state index is 0.0881. The van der Waals surface area contributed by atoms with Crippen molar-refractivity contribution >= 4 is 18.0 Å². The van der Waals surface area contributed by atoms with Crippen molar-refractivity contribution in [2.45, 2.75) is 54.3 Å². The van der Waals surface area contributed by atoms with Crippen molar-refractivity contribution in [2.75, 3.05) is 58.1 Å². The lowest BCUT2D eigenvalue weighted by Crippen LogP contribution is -2.44. The second-order valence-corrected chi connectivity index (χ2v) is 13.5. The number of nitrogens with zero attached hydrogens (tertiary/aromatic N) is 5. The predicted octanol–water partition coefficient (Wildman–Crippen LogP) is 5.22. The normalized spacial score (nSPS) is 25.0. The van der Waals surface area contributed by atoms with E-state index in [0.29, 0.717) is 37.7 Å². The number of hydrogen-bond donors (Lipinski definition) is 2. The Morgan fingerprint density at radius 2 is 1.89 bits per heavy atom. The average Bonchev–Trinajstić information content (AvgIpc) is 3.56. The summed E-state index contributed by atoms with van der Waals surface area (Å²) in [7, 11) is 0. The zero-order chi connectivity index (χ0) is 31.6. The zero-order valence-electron chi connectivity index (χ0n) is 25.0. The molecule has 3 unspecified atom stereocenters. The fourth-order valence-electron chi connectivity index (χ4n) is 6.85. The van der Waals surface area contributed by atoms with Gasteiger partial charge in [-0.25, -0.2) is 14.2 Å². The minimum Gasteiger partial charge on any atom is -0.390 e. The van der Waals surface area contributed by atoms with Crippen LogP contribution in [0.5, 0.6) is 0 Å². The summed E-state index contributed by atoms with van der Waals surface area (Å²) in [6.07, 6.45) is 2.03. The maximum atomic E-state index is 14.0. The number of aliphatic hydroxyl groups is 1. The van der Waals surface area contributed by atoms with Crippen molar-refractivity contribution in [1.82, 2.24) is 25.2 Å². The maximum absolute atomic E-state index is 14.0. The fourth-order valence-corrected chi connectivity index (χ4v) is 7.98. The number of β-amino-alcohol motifs (C(OH)–C–C–N with tert-alkyl or cyclic N) is 1. The molecule has 2 aromatic rings. The Hall–Kier alpha value is -2.58. The first-order valence-corrected chi connectivity index (χ1v) is 16.5. The molecule has 1 aromatic carbocycles. The van der Waals surface area contributed by atoms with Gasteiger partial charge >= 0.3 is 6.18 Å². The number of rotatable bonds is 10. The lowest BCUT2D eigenvalue weighted by Gasteiger charge is -2.34. The number of nitrogens with one attached hydrogen (secondary N) is 1. The van der Waals surface area contributed by atoms with E-state index in [0.717, 1.165) is 55.2 Å². The van der Waals surface area contributed by atoms with Gasteiger partial charge in [-0.05, 0) is 61.8 Å². The number of alkyl halides is 5. The third-order valence-corrected chi connectivity index (χ3v) is 10.2. The molecule has 45 heavy (non-hydrogen) atoms. The number of benzene rings is 1. The highest BCUT2D eigenvalue weighted by molar-refractivity contribution is 7.99. The number of dihydropyridines is 1. The molecule has 0 bridgehead atoms. The van der Waals surface area contributed by atoms with Gasteiger partial charge in [-0.2, -0.15) is 13.2 Å². The van der Waals surface area contributed by atoms with Crippen LogP contribution in [0.15, 0.2) is 64.3 Å². The van der Waals surface area contributed by atoms with Gasteiger partial charge in [0, 0.05) is 78.9 Å². The van der Waals surface area contributed by atoms with Crippen LogP contribution in [-0.2, 0) is 6.18 Å². The van der Waals surface area contributed by atoms with Gasteiger partial charge in [0.1, 0.15) is 0 Å². The summed E-state index contributed by atoms with van der Waals surface area (Å²) >= 11 is 1.05. The van der Waals surface area contributed by atoms with Crippen LogP contribution in [0.1, 0.15) is 48.0 Å². The second-order valence-electron chi connectivity index (χ2n) is 12.4. The molecule has 0 aliphatic carbocycles. The van der Waals surface area contributed by atoms with E-state index in [2.05, 4.69) is 26.4 Å². The van der Waals surface area contributed by atoms with Crippen molar-refractivity contribution in [1.29, 1.82) is 0 Å². The van der Waals surface area contributed by atoms with Crippen LogP contribution < -0.4 is 5.43 Å². The van der Waals surface area contributed by atoms with Crippen molar-refractivity contribution in [3.05, 3.63) is 71.2 Å². The van der Waals surface area contributed by atoms with E-state index in [9.17, 15) is 27.1 Å². The molecule has 4 aliphatic heterocycles. The molecule has 2 N–H and O–H groups in total. The van der Waals surface area contributed by atoms with Crippen molar-refractivity contribution < 1.29 is 27.1 Å². The van der Waals surface area contributed by atoms with E-state index < -0.39 is 23.8 Å². The molecular formula is C32H39F5N6OS. The Morgan fingerprint density at radius 1 is 1.07 bits per heavy atom. The summed E-state index contributed by atoms with van der Waals surface area (Å²) < 4.78 is 69.0. The number of likely N-dealkylation sites (tertiary alicyclic amines) is 2. The molecule has 4 aliphatic rings. The number of aliphatic imine (C=N–C) groups is 1. The Morgan fingerprint density at radius 3 is 2.60 bits per heavy atom. The van der Waals surface area contributed by atoms with Gasteiger partial charge in [-0.1, -0.05) is 12.1 Å². The van der Waals surface area contributed by atoms with Crippen LogP contribution in [-0.4, -0.2) is 101 Å². The number of piperidine rings is 1. The Bertz CT molecular complexity index is 1370. The molecule has 3 saturated heterocycles. The number of hydrogen-bond acceptors (Lipinski definition) is 8. The molecule has 0 radical (unpaired) electrons. The predicted molar refractivity (Wildman–Crippen MR) is 164 cm³/mol. The van der Waals surface area contributed by atoms with Gasteiger partial charge < -0.3 is 15.0 Å². The summed E-state index contributed by atoms with van der Waals surface area (Å²) in [4.78, 5) is 12.9. The second kappa shape index (κ2) is 13.6. The highest BCUT2D eigenvalue weighted by Gasteiger charge is 2.41. The largest absolute Gasteiger partial charge is 0.417 e. The number of pyridine rings is 1. The molecule has 3 fully saturated rings. The van der Waals surface area contributed by atoms with Gasteiger partial charge in [0.05, 0.1) is 30.8 Å². The third-order valence-electron chi connectivity index (χ3n) is 9.18. The zero-order valence-corrected chi connectivity index (χ0v) is 25.8. The number of hydrazine groups is 1. The number of aliphatic hydroxyl groups excluding tert-OH is 1. The first-order chi connectivity index (χ1) is 21.6. The van der Waals surface area contributed by atoms with Gasteiger partial charge in [0.2, 0.25) is 0 Å². The summed E-state index contributed by atoms with van der Waals surface area (Å²) in [5.74, 6) is -2.14. The van der Waals surface area contributed by atoms with Crippen molar-refractivity contribution in [2.24, 2.45) is 10.9 Å². The number of halogens is 5. The van der Waals surface area contributed by atoms with E-state index in [1.165, 1.54) is 6.07 Å². The van der Waals surface area contributed by atoms with E-state index in [1.54, 1.807) is 17.2 Å². The molecule has 13 heteroatoms. The highest BCUT2D eigenvalue weighted by atomic mass is 32.2. The van der Waals surface area contributed by atoms with Gasteiger partial charge in [-0.15, -0.1) is 11.8 Å². The summed E-state index contributed by atoms with van der Waals surface area (Å²) in [6, 6.07) is 9.87. The topological polar surface area (TPSA) is 67.2 Å². The van der Waals surface area contributed by atoms with E-state index >= 15 is 0 Å². The number of aromatic nitrogens is 1. The van der Waals surface area contributed by atoms with Crippen LogP contribution in [0, 0.1) is 5.92 Å². The van der Waals surface area contributed by atoms with Crippen LogP contribution in [0.25, 0.3) is 0 Å². The summed E-state index contributed by atoms with van der Waals surface area (Å²) in [5, 5.41) is 13.0. The lowest BCUT2D eigenvalue weighted by atomic mass is 9.90. The molecule has 0 spiro atoms. The molecule has 0 amide bonds. The van der Waals surface area contributed by atoms with Gasteiger partial charge in [0.25, 0.3) is 5.92 Å². The smallest absolute Gasteiger partial charge is 0.390 e. The van der Waals surface area contributed by atoms with Crippen LogP contribution in [0.3, 0.4) is 0 Å². The lowest BCUT2D eigenvalue weighted by molar-refractivity contribution is -0.139. The molecule has 5 heterocycles. The number of thioether (sulfide) groups is 1. The molecule has 7 nitrogen and oxygen atoms in total. The van der Waals surface area contributed by atoms with Gasteiger partial charge in [-0.3, -0.25) is 14.9 Å². The van der Waals surface area contributed by atoms with E-state index in [1.807, 2.05) is 29.4 Å². The Labute approximate surface area is 264 Å². The quantitative estimate of drug-likeness (QED) is 0.270. The Balaban J connectivity index is 1.09. The number of fused-ring (bicyclic) bond motifs is 1. The van der Waals surface area contributed by atoms with Gasteiger partial charge in [0.15, 0.2) is 0 Å². The maximum Gasteiger partial charge on any atom is 0.417 e. The molecule has 244 valence electrons. The molecular weight excluding hydrogens is 611 g/mol. The highest BCUT2D eigenvalue weighted by Crippen LogP contribution is 2.42. The average molecular weight is 651 g/mol. The van der Waals surface area contributed by atoms with Crippen molar-refractivity contribution in [3.8, 4) is 0 Å². The molecule has 3 atom stereocenters. The SMILES string of the molecule is OC(CN1CCC(c2ccccn2)CC1)CN1NC(c2ccc(C(F)(F)F)c(SCCN3CCC(F)(F)C3)c2)C2CN=CC=C21. The molecule has 6 rings (SSSR count). The number of allylic oxidation sites excluding steroid dienone is 1. The molecule has 0 saturated carbocycles. The summed E-state index contributed by atoms with van der Waals surface area (Å²) in [6.45, 7) is 3.26. The van der Waals surface area contributed by atoms with E-state index in [4.69, 9.17) is 0 Å². The van der Waals surface area contributed by atoms with Crippen LogP contribution in [0.2, 0.25) is 0 Å². The van der Waals surface area contributed by atoms with Crippen molar-refractivity contribution in [3.63, 3.8) is 0 Å². The van der Waals surface area contributed by atoms with Crippen LogP contribution >= 0.6 is 11.8 Å². The standard InChI is InChI=1S/C32H39F5N6OS/c33-31(34)9-14-42(21-31)15-16-45-29-17-23(4-5-26(29)32(35,36)37)30-25-18-38-11-6-28(25)43(40-30)20-24(44)19-41-12-7-22(8-13-41)27-3-1-2-10-39-27/h1-6,10-11,17,22,24-25,30,40,44H,7-9,12-16,18-21H2. The minimum atomic E-state index is -4.53. The van der Waals surface area contributed by atoms with Crippen LogP contribution in [0.4, 0.5) is 22.0 Å². The summed E-state index contributed by atoms with van der Waals surface area (Å²) in [5.41, 5.74) is 5.49. The Kier molecular flexibility index (Phi) is 9.81. The first-order valence-electron chi connectivity index (χ1n) is 15.5. The third kappa shape index (κ3) is 7.87. The monoisotopic (exact) mass is 650 g/mol.